The van der Waals surface area contributed by atoms with E-state index in [1.807, 2.05) is 0 Å². The minimum atomic E-state index is 0.0612. The minimum Gasteiger partial charge on any atom is -0.300 e. The van der Waals surface area contributed by atoms with Gasteiger partial charge in [0.25, 0.3) is 0 Å². The number of carbonyl (C=O) groups excluding carboxylic acids is 1. The molecule has 1 amide bonds. The van der Waals surface area contributed by atoms with Gasteiger partial charge in [-0.25, -0.2) is 0 Å². The highest BCUT2D eigenvalue weighted by atomic mass is 32.1. The van der Waals surface area contributed by atoms with Gasteiger partial charge in [0.1, 0.15) is 5.51 Å². The van der Waals surface area contributed by atoms with Crippen molar-refractivity contribution >= 4 is 22.4 Å². The van der Waals surface area contributed by atoms with Crippen LogP contribution in [-0.4, -0.2) is 16.1 Å². The Morgan fingerprint density at radius 2 is 2.50 bits per heavy atom. The maximum atomic E-state index is 11.7. The van der Waals surface area contributed by atoms with Gasteiger partial charge < -0.3 is 5.32 Å². The van der Waals surface area contributed by atoms with Crippen molar-refractivity contribution in [3.8, 4) is 0 Å². The molecule has 0 saturated heterocycles. The van der Waals surface area contributed by atoms with Gasteiger partial charge in [0.2, 0.25) is 11.0 Å². The van der Waals surface area contributed by atoms with Crippen LogP contribution < -0.4 is 5.32 Å². The molecule has 0 bridgehead atoms. The number of aromatic nitrogens is 2. The number of nitrogens with one attached hydrogen (secondary N) is 1. The standard InChI is InChI=1S/C9H11N3OS/c13-8(7-4-2-1-3-5-7)11-9-12-10-6-14-9/h1-2,6-7H,3-5H2,(H,11,12,13). The van der Waals surface area contributed by atoms with Gasteiger partial charge in [0, 0.05) is 5.92 Å². The predicted octanol–water partition coefficient (Wildman–Crippen LogP) is 1.83. The smallest absolute Gasteiger partial charge is 0.229 e. The van der Waals surface area contributed by atoms with Crippen LogP contribution in [0, 0.1) is 5.92 Å². The summed E-state index contributed by atoms with van der Waals surface area (Å²) in [6, 6.07) is 0. The molecule has 1 aliphatic carbocycles. The van der Waals surface area contributed by atoms with Gasteiger partial charge in [-0.2, -0.15) is 0 Å². The number of anilines is 1. The summed E-state index contributed by atoms with van der Waals surface area (Å²) >= 11 is 1.34. The molecule has 1 aromatic rings. The predicted molar refractivity (Wildman–Crippen MR) is 55.0 cm³/mol. The molecule has 74 valence electrons. The molecular weight excluding hydrogens is 198 g/mol. The van der Waals surface area contributed by atoms with Crippen LogP contribution in [0.3, 0.4) is 0 Å². The average molecular weight is 209 g/mol. The van der Waals surface area contributed by atoms with Crippen LogP contribution in [0.4, 0.5) is 5.13 Å². The first-order valence-corrected chi connectivity index (χ1v) is 5.46. The zero-order valence-electron chi connectivity index (χ0n) is 7.64. The van der Waals surface area contributed by atoms with E-state index in [-0.39, 0.29) is 11.8 Å². The van der Waals surface area contributed by atoms with Crippen LogP contribution in [0.25, 0.3) is 0 Å². The van der Waals surface area contributed by atoms with Crippen LogP contribution in [0.1, 0.15) is 19.3 Å². The first kappa shape index (κ1) is 9.33. The van der Waals surface area contributed by atoms with E-state index in [1.54, 1.807) is 5.51 Å². The number of hydrogen-bond donors (Lipinski definition) is 1. The number of allylic oxidation sites excluding steroid dienone is 2. The molecule has 0 aromatic carbocycles. The molecule has 1 atom stereocenters. The highest BCUT2D eigenvalue weighted by Gasteiger charge is 2.19. The Kier molecular flexibility index (Phi) is 2.88. The highest BCUT2D eigenvalue weighted by molar-refractivity contribution is 7.13. The van der Waals surface area contributed by atoms with Gasteiger partial charge in [0.15, 0.2) is 0 Å². The number of hydrogen-bond acceptors (Lipinski definition) is 4. The van der Waals surface area contributed by atoms with Gasteiger partial charge in [-0.15, -0.1) is 10.2 Å². The Balaban J connectivity index is 1.92. The molecule has 0 saturated carbocycles. The van der Waals surface area contributed by atoms with E-state index in [4.69, 9.17) is 0 Å². The van der Waals surface area contributed by atoms with Crippen LogP contribution >= 0.6 is 11.3 Å². The summed E-state index contributed by atoms with van der Waals surface area (Å²) in [5, 5.41) is 10.8. The van der Waals surface area contributed by atoms with Crippen LogP contribution in [0.15, 0.2) is 17.7 Å². The molecule has 1 unspecified atom stereocenters. The molecular formula is C9H11N3OS. The first-order chi connectivity index (χ1) is 6.86. The molecule has 0 aliphatic heterocycles. The zero-order valence-corrected chi connectivity index (χ0v) is 8.46. The van der Waals surface area contributed by atoms with Gasteiger partial charge in [-0.1, -0.05) is 23.5 Å². The largest absolute Gasteiger partial charge is 0.300 e. The van der Waals surface area contributed by atoms with Gasteiger partial charge >= 0.3 is 0 Å². The third-order valence-corrected chi connectivity index (χ3v) is 2.84. The molecule has 1 aromatic heterocycles. The normalized spacial score (nSPS) is 20.7. The van der Waals surface area contributed by atoms with E-state index >= 15 is 0 Å². The summed E-state index contributed by atoms with van der Waals surface area (Å²) < 4.78 is 0. The Morgan fingerprint density at radius 1 is 1.57 bits per heavy atom. The van der Waals surface area contributed by atoms with E-state index in [9.17, 15) is 4.79 Å². The quantitative estimate of drug-likeness (QED) is 0.756. The second-order valence-corrected chi connectivity index (χ2v) is 4.05. The summed E-state index contributed by atoms with van der Waals surface area (Å²) in [5.41, 5.74) is 1.61. The van der Waals surface area contributed by atoms with E-state index in [2.05, 4.69) is 27.7 Å². The number of carbonyl (C=O) groups is 1. The lowest BCUT2D eigenvalue weighted by Crippen LogP contribution is -2.23. The molecule has 14 heavy (non-hydrogen) atoms. The fraction of sp³-hybridized carbons (Fsp3) is 0.444. The summed E-state index contributed by atoms with van der Waals surface area (Å²) in [7, 11) is 0. The number of rotatable bonds is 2. The fourth-order valence-corrected chi connectivity index (χ4v) is 1.91. The minimum absolute atomic E-state index is 0.0612. The third-order valence-electron chi connectivity index (χ3n) is 2.23. The van der Waals surface area contributed by atoms with Crippen LogP contribution in [0.5, 0.6) is 0 Å². The van der Waals surface area contributed by atoms with Crippen molar-refractivity contribution in [1.29, 1.82) is 0 Å². The van der Waals surface area contributed by atoms with E-state index in [1.165, 1.54) is 11.3 Å². The van der Waals surface area contributed by atoms with Crippen molar-refractivity contribution in [1.82, 2.24) is 10.2 Å². The van der Waals surface area contributed by atoms with Gasteiger partial charge in [0.05, 0.1) is 0 Å². The molecule has 5 heteroatoms. The second-order valence-electron chi connectivity index (χ2n) is 3.21. The molecule has 4 nitrogen and oxygen atoms in total. The SMILES string of the molecule is O=C(Nc1nncs1)C1CC=CCC1. The highest BCUT2D eigenvalue weighted by Crippen LogP contribution is 2.20. The number of nitrogens with zero attached hydrogens (tertiary/aromatic N) is 2. The molecule has 2 rings (SSSR count). The Morgan fingerprint density at radius 3 is 3.14 bits per heavy atom. The topological polar surface area (TPSA) is 54.9 Å². The maximum absolute atomic E-state index is 11.7. The molecule has 0 radical (unpaired) electrons. The third kappa shape index (κ3) is 2.17. The Hall–Kier alpha value is -1.23. The monoisotopic (exact) mass is 209 g/mol. The lowest BCUT2D eigenvalue weighted by atomic mass is 9.94. The van der Waals surface area contributed by atoms with Crippen LogP contribution in [0.2, 0.25) is 0 Å². The number of amides is 1. The van der Waals surface area contributed by atoms with E-state index in [0.29, 0.717) is 5.13 Å². The molecule has 1 heterocycles. The summed E-state index contributed by atoms with van der Waals surface area (Å²) in [5.74, 6) is 0.162. The average Bonchev–Trinajstić information content (AvgIpc) is 2.72. The molecule has 0 fully saturated rings. The van der Waals surface area contributed by atoms with Gasteiger partial charge in [-0.05, 0) is 19.3 Å². The van der Waals surface area contributed by atoms with Crippen molar-refractivity contribution in [3.05, 3.63) is 17.7 Å². The lowest BCUT2D eigenvalue weighted by Gasteiger charge is -2.15. The van der Waals surface area contributed by atoms with Crippen molar-refractivity contribution in [2.45, 2.75) is 19.3 Å². The molecule has 1 N–H and O–H groups in total. The second kappa shape index (κ2) is 4.32. The first-order valence-electron chi connectivity index (χ1n) is 4.58. The lowest BCUT2D eigenvalue weighted by molar-refractivity contribution is -0.120. The van der Waals surface area contributed by atoms with Crippen molar-refractivity contribution in [3.63, 3.8) is 0 Å². The maximum Gasteiger partial charge on any atom is 0.229 e. The van der Waals surface area contributed by atoms with Gasteiger partial charge in [-0.3, -0.25) is 4.79 Å². The van der Waals surface area contributed by atoms with Crippen molar-refractivity contribution < 1.29 is 4.79 Å². The summed E-state index contributed by atoms with van der Waals surface area (Å²) in [6.07, 6.45) is 6.95. The van der Waals surface area contributed by atoms with E-state index < -0.39 is 0 Å². The summed E-state index contributed by atoms with van der Waals surface area (Å²) in [4.78, 5) is 11.7. The van der Waals surface area contributed by atoms with Crippen molar-refractivity contribution in [2.24, 2.45) is 5.92 Å². The van der Waals surface area contributed by atoms with Crippen LogP contribution in [-0.2, 0) is 4.79 Å². The zero-order chi connectivity index (χ0) is 9.80. The Bertz CT molecular complexity index is 334. The molecule has 1 aliphatic rings. The molecule has 0 spiro atoms. The van der Waals surface area contributed by atoms with Crippen molar-refractivity contribution in [2.75, 3.05) is 5.32 Å². The Labute approximate surface area is 86.1 Å². The summed E-state index contributed by atoms with van der Waals surface area (Å²) in [6.45, 7) is 0. The fourth-order valence-electron chi connectivity index (χ4n) is 1.47. The van der Waals surface area contributed by atoms with E-state index in [0.717, 1.165) is 19.3 Å².